The molecule has 1 aromatic heterocycles. The van der Waals surface area contributed by atoms with E-state index in [4.69, 9.17) is 20.3 Å². The molecule has 4 aromatic rings. The van der Waals surface area contributed by atoms with E-state index in [1.165, 1.54) is 5.56 Å². The van der Waals surface area contributed by atoms with E-state index in [-0.39, 0.29) is 0 Å². The van der Waals surface area contributed by atoms with Crippen molar-refractivity contribution in [1.82, 2.24) is 9.78 Å². The average molecular weight is 385 g/mol. The van der Waals surface area contributed by atoms with Crippen LogP contribution in [0.15, 0.2) is 78.9 Å². The molecule has 0 aliphatic rings. The first-order valence-electron chi connectivity index (χ1n) is 9.40. The third-order valence-corrected chi connectivity index (χ3v) is 4.88. The predicted octanol–water partition coefficient (Wildman–Crippen LogP) is 4.73. The van der Waals surface area contributed by atoms with Crippen molar-refractivity contribution < 1.29 is 9.47 Å². The molecule has 0 fully saturated rings. The first-order chi connectivity index (χ1) is 14.2. The van der Waals surface area contributed by atoms with Crippen LogP contribution in [0, 0.1) is 0 Å². The fraction of sp³-hybridized carbons (Fsp3) is 0.125. The number of aromatic nitrogens is 2. The molecule has 3 aromatic carbocycles. The van der Waals surface area contributed by atoms with Gasteiger partial charge in [0.15, 0.2) is 11.5 Å². The van der Waals surface area contributed by atoms with Crippen molar-refractivity contribution in [3.63, 3.8) is 0 Å². The van der Waals surface area contributed by atoms with Crippen LogP contribution in [0.4, 0.5) is 5.82 Å². The van der Waals surface area contributed by atoms with Crippen LogP contribution < -0.4 is 15.2 Å². The molecule has 146 valence electrons. The van der Waals surface area contributed by atoms with E-state index in [1.54, 1.807) is 18.9 Å². The molecule has 5 heteroatoms. The highest BCUT2D eigenvalue weighted by Gasteiger charge is 2.20. The Morgan fingerprint density at radius 1 is 0.828 bits per heavy atom. The summed E-state index contributed by atoms with van der Waals surface area (Å²) in [5.41, 5.74) is 11.5. The Balaban J connectivity index is 1.88. The lowest BCUT2D eigenvalue weighted by Gasteiger charge is -2.11. The Labute approximate surface area is 170 Å². The van der Waals surface area contributed by atoms with E-state index in [0.29, 0.717) is 23.7 Å². The highest BCUT2D eigenvalue weighted by Crippen LogP contribution is 2.37. The number of methoxy groups -OCH3 is 2. The number of nitrogens with zero attached hydrogens (tertiary/aromatic N) is 2. The molecule has 1 heterocycles. The minimum atomic E-state index is 0.592. The van der Waals surface area contributed by atoms with Crippen LogP contribution in [0.25, 0.3) is 16.8 Å². The minimum Gasteiger partial charge on any atom is -0.493 e. The van der Waals surface area contributed by atoms with E-state index in [9.17, 15) is 0 Å². The van der Waals surface area contributed by atoms with Gasteiger partial charge in [0.2, 0.25) is 0 Å². The van der Waals surface area contributed by atoms with Gasteiger partial charge in [-0.3, -0.25) is 0 Å². The van der Waals surface area contributed by atoms with E-state index in [2.05, 4.69) is 12.1 Å². The topological polar surface area (TPSA) is 62.3 Å². The smallest absolute Gasteiger partial charge is 0.161 e. The summed E-state index contributed by atoms with van der Waals surface area (Å²) in [6, 6.07) is 26.0. The first kappa shape index (κ1) is 18.6. The molecule has 0 amide bonds. The third-order valence-electron chi connectivity index (χ3n) is 4.88. The Kier molecular flexibility index (Phi) is 5.20. The Morgan fingerprint density at radius 2 is 1.48 bits per heavy atom. The van der Waals surface area contributed by atoms with Crippen LogP contribution in [0.3, 0.4) is 0 Å². The minimum absolute atomic E-state index is 0.592. The third kappa shape index (κ3) is 3.67. The van der Waals surface area contributed by atoms with Gasteiger partial charge in [-0.2, -0.15) is 5.10 Å². The molecular formula is C24H23N3O2. The zero-order valence-electron chi connectivity index (χ0n) is 16.5. The van der Waals surface area contributed by atoms with Crippen molar-refractivity contribution in [2.75, 3.05) is 20.0 Å². The number of hydrogen-bond donors (Lipinski definition) is 1. The molecule has 4 rings (SSSR count). The molecule has 0 spiro atoms. The van der Waals surface area contributed by atoms with Gasteiger partial charge in [0.25, 0.3) is 0 Å². The lowest BCUT2D eigenvalue weighted by Crippen LogP contribution is -2.02. The van der Waals surface area contributed by atoms with Gasteiger partial charge in [0.05, 0.1) is 25.6 Å². The van der Waals surface area contributed by atoms with E-state index in [1.807, 2.05) is 66.7 Å². The largest absolute Gasteiger partial charge is 0.493 e. The Bertz CT molecular complexity index is 1110. The second kappa shape index (κ2) is 8.10. The number of rotatable bonds is 6. The fourth-order valence-electron chi connectivity index (χ4n) is 3.46. The Hall–Kier alpha value is -3.73. The van der Waals surface area contributed by atoms with E-state index in [0.717, 1.165) is 22.5 Å². The van der Waals surface area contributed by atoms with Gasteiger partial charge < -0.3 is 15.2 Å². The summed E-state index contributed by atoms with van der Waals surface area (Å²) < 4.78 is 12.7. The highest BCUT2D eigenvalue weighted by atomic mass is 16.5. The second-order valence-electron chi connectivity index (χ2n) is 6.69. The van der Waals surface area contributed by atoms with Gasteiger partial charge >= 0.3 is 0 Å². The number of ether oxygens (including phenoxy) is 2. The molecule has 0 saturated carbocycles. The van der Waals surface area contributed by atoms with Crippen LogP contribution in [-0.2, 0) is 6.42 Å². The van der Waals surface area contributed by atoms with Gasteiger partial charge in [-0.15, -0.1) is 0 Å². The van der Waals surface area contributed by atoms with Crippen molar-refractivity contribution >= 4 is 5.82 Å². The number of benzene rings is 3. The SMILES string of the molecule is COc1ccc(-c2c(Cc3ccccc3)nn(-c3ccccc3)c2N)cc1OC. The van der Waals surface area contributed by atoms with Gasteiger partial charge in [-0.25, -0.2) is 4.68 Å². The summed E-state index contributed by atoms with van der Waals surface area (Å²) in [5.74, 6) is 1.92. The predicted molar refractivity (Wildman–Crippen MR) is 116 cm³/mol. The van der Waals surface area contributed by atoms with Gasteiger partial charge in [-0.1, -0.05) is 54.6 Å². The van der Waals surface area contributed by atoms with E-state index >= 15 is 0 Å². The summed E-state index contributed by atoms with van der Waals surface area (Å²) in [5, 5.41) is 4.87. The summed E-state index contributed by atoms with van der Waals surface area (Å²) in [4.78, 5) is 0. The van der Waals surface area contributed by atoms with E-state index < -0.39 is 0 Å². The quantitative estimate of drug-likeness (QED) is 0.521. The number of nitrogens with two attached hydrogens (primary N) is 1. The normalized spacial score (nSPS) is 10.7. The van der Waals surface area contributed by atoms with Crippen molar-refractivity contribution in [2.45, 2.75) is 6.42 Å². The molecule has 0 saturated heterocycles. The zero-order chi connectivity index (χ0) is 20.2. The summed E-state index contributed by atoms with van der Waals surface area (Å²) in [7, 11) is 3.25. The standard InChI is InChI=1S/C24H23N3O2/c1-28-21-14-13-18(16-22(21)29-2)23-20(15-17-9-5-3-6-10-17)26-27(24(23)25)19-11-7-4-8-12-19/h3-14,16H,15,25H2,1-2H3. The van der Waals surface area contributed by atoms with Crippen molar-refractivity contribution in [3.05, 3.63) is 90.1 Å². The van der Waals surface area contributed by atoms with Crippen molar-refractivity contribution in [3.8, 4) is 28.3 Å². The van der Waals surface area contributed by atoms with Crippen LogP contribution in [0.1, 0.15) is 11.3 Å². The number of nitrogen functional groups attached to an aromatic ring is 1. The molecule has 0 aliphatic heterocycles. The molecule has 0 atom stereocenters. The molecule has 0 aliphatic carbocycles. The average Bonchev–Trinajstić information content (AvgIpc) is 3.10. The van der Waals surface area contributed by atoms with Gasteiger partial charge in [-0.05, 0) is 35.4 Å². The lowest BCUT2D eigenvalue weighted by atomic mass is 10.0. The molecule has 0 radical (unpaired) electrons. The molecule has 2 N–H and O–H groups in total. The summed E-state index contributed by atoms with van der Waals surface area (Å²) in [6.07, 6.45) is 0.675. The monoisotopic (exact) mass is 385 g/mol. The number of hydrogen-bond acceptors (Lipinski definition) is 4. The molecule has 29 heavy (non-hydrogen) atoms. The van der Waals surface area contributed by atoms with Gasteiger partial charge in [0, 0.05) is 12.0 Å². The maximum Gasteiger partial charge on any atom is 0.161 e. The lowest BCUT2D eigenvalue weighted by molar-refractivity contribution is 0.355. The van der Waals surface area contributed by atoms with Crippen LogP contribution in [0.2, 0.25) is 0 Å². The van der Waals surface area contributed by atoms with Crippen molar-refractivity contribution in [1.29, 1.82) is 0 Å². The second-order valence-corrected chi connectivity index (χ2v) is 6.69. The van der Waals surface area contributed by atoms with Crippen LogP contribution >= 0.6 is 0 Å². The maximum absolute atomic E-state index is 6.61. The van der Waals surface area contributed by atoms with Crippen molar-refractivity contribution in [2.24, 2.45) is 0 Å². The Morgan fingerprint density at radius 3 is 2.14 bits per heavy atom. The number of anilines is 1. The highest BCUT2D eigenvalue weighted by molar-refractivity contribution is 5.79. The van der Waals surface area contributed by atoms with Crippen LogP contribution in [-0.4, -0.2) is 24.0 Å². The zero-order valence-corrected chi connectivity index (χ0v) is 16.5. The molecule has 5 nitrogen and oxygen atoms in total. The summed E-state index contributed by atoms with van der Waals surface area (Å²) in [6.45, 7) is 0. The van der Waals surface area contributed by atoms with Crippen LogP contribution in [0.5, 0.6) is 11.5 Å². The molecule has 0 unspecified atom stereocenters. The fourth-order valence-corrected chi connectivity index (χ4v) is 3.46. The molecular weight excluding hydrogens is 362 g/mol. The number of para-hydroxylation sites is 1. The maximum atomic E-state index is 6.61. The summed E-state index contributed by atoms with van der Waals surface area (Å²) >= 11 is 0. The molecule has 0 bridgehead atoms. The first-order valence-corrected chi connectivity index (χ1v) is 9.40. The van der Waals surface area contributed by atoms with Gasteiger partial charge in [0.1, 0.15) is 5.82 Å².